The zero-order valence-electron chi connectivity index (χ0n) is 18.8. The summed E-state index contributed by atoms with van der Waals surface area (Å²) >= 11 is 0. The van der Waals surface area contributed by atoms with E-state index in [0.29, 0.717) is 11.4 Å². The van der Waals surface area contributed by atoms with Gasteiger partial charge in [-0.2, -0.15) is 10.2 Å². The van der Waals surface area contributed by atoms with Gasteiger partial charge in [-0.25, -0.2) is 0 Å². The number of benzene rings is 4. The number of nitrogens with zero attached hydrogens (tertiary/aromatic N) is 4. The molecule has 178 valence electrons. The van der Waals surface area contributed by atoms with Crippen LogP contribution in [0.5, 0.6) is 0 Å². The van der Waals surface area contributed by atoms with E-state index < -0.39 is 9.85 Å². The Bertz CT molecular complexity index is 1450. The van der Waals surface area contributed by atoms with Gasteiger partial charge in [-0.1, -0.05) is 66.7 Å². The lowest BCUT2D eigenvalue weighted by Crippen LogP contribution is -1.96. The topological polar surface area (TPSA) is 135 Å². The Morgan fingerprint density at radius 3 is 1.67 bits per heavy atom. The first kappa shape index (κ1) is 23.8. The van der Waals surface area contributed by atoms with E-state index >= 15 is 0 Å². The lowest BCUT2D eigenvalue weighted by Gasteiger charge is -2.05. The minimum Gasteiger partial charge on any atom is -0.272 e. The Balaban J connectivity index is 1.42. The molecule has 4 aromatic carbocycles. The van der Waals surface area contributed by atoms with Gasteiger partial charge < -0.3 is 0 Å². The summed E-state index contributed by atoms with van der Waals surface area (Å²) in [6.45, 7) is 0. The molecule has 0 bridgehead atoms. The minimum atomic E-state index is -0.465. The second-order valence-corrected chi connectivity index (χ2v) is 7.54. The van der Waals surface area contributed by atoms with Crippen LogP contribution in [-0.2, 0) is 0 Å². The first-order chi connectivity index (χ1) is 17.5. The monoisotopic (exact) mass is 480 g/mol. The zero-order chi connectivity index (χ0) is 25.3. The largest absolute Gasteiger partial charge is 0.294 e. The van der Waals surface area contributed by atoms with Crippen molar-refractivity contribution in [3.8, 4) is 11.1 Å². The highest BCUT2D eigenvalue weighted by atomic mass is 16.6. The molecule has 0 saturated carbocycles. The summed E-state index contributed by atoms with van der Waals surface area (Å²) < 4.78 is 0. The SMILES string of the molecule is O=[N+]([O-])c1ccccc1N/N=C/c1ccc(-c2cccc(/C=N/Nc3ccccc3[N+](=O)[O-])c2)cc1. The summed E-state index contributed by atoms with van der Waals surface area (Å²) in [5.41, 5.74) is 9.52. The lowest BCUT2D eigenvalue weighted by atomic mass is 10.0. The number of nitrogens with one attached hydrogen (secondary N) is 2. The fourth-order valence-corrected chi connectivity index (χ4v) is 3.37. The predicted molar refractivity (Wildman–Crippen MR) is 141 cm³/mol. The summed E-state index contributed by atoms with van der Waals surface area (Å²) in [5, 5.41) is 30.4. The fraction of sp³-hybridized carbons (Fsp3) is 0. The van der Waals surface area contributed by atoms with E-state index in [4.69, 9.17) is 0 Å². The number of nitro groups is 2. The molecule has 0 unspecified atom stereocenters. The van der Waals surface area contributed by atoms with Gasteiger partial charge in [0.2, 0.25) is 0 Å². The van der Waals surface area contributed by atoms with Crippen LogP contribution in [-0.4, -0.2) is 22.3 Å². The smallest absolute Gasteiger partial charge is 0.272 e. The molecule has 0 saturated heterocycles. The van der Waals surface area contributed by atoms with Crippen molar-refractivity contribution in [2.75, 3.05) is 10.9 Å². The first-order valence-corrected chi connectivity index (χ1v) is 10.8. The lowest BCUT2D eigenvalue weighted by molar-refractivity contribution is -0.384. The van der Waals surface area contributed by atoms with Gasteiger partial charge in [0.25, 0.3) is 11.4 Å². The van der Waals surface area contributed by atoms with Crippen LogP contribution in [0, 0.1) is 20.2 Å². The molecule has 36 heavy (non-hydrogen) atoms. The second kappa shape index (κ2) is 11.2. The Kier molecular flexibility index (Phi) is 7.37. The Morgan fingerprint density at radius 1 is 0.583 bits per heavy atom. The summed E-state index contributed by atoms with van der Waals surface area (Å²) in [7, 11) is 0. The molecular weight excluding hydrogens is 460 g/mol. The zero-order valence-corrected chi connectivity index (χ0v) is 18.8. The number of para-hydroxylation sites is 4. The van der Waals surface area contributed by atoms with E-state index in [1.165, 1.54) is 12.1 Å². The minimum absolute atomic E-state index is 0.0504. The molecule has 0 radical (unpaired) electrons. The van der Waals surface area contributed by atoms with Gasteiger partial charge in [0.05, 0.1) is 22.3 Å². The molecule has 10 heteroatoms. The van der Waals surface area contributed by atoms with Gasteiger partial charge in [0, 0.05) is 12.1 Å². The van der Waals surface area contributed by atoms with Crippen molar-refractivity contribution >= 4 is 35.2 Å². The van der Waals surface area contributed by atoms with Gasteiger partial charge in [-0.15, -0.1) is 0 Å². The normalized spacial score (nSPS) is 11.0. The molecular formula is C26H20N6O4. The quantitative estimate of drug-likeness (QED) is 0.170. The Morgan fingerprint density at radius 2 is 1.11 bits per heavy atom. The Labute approximate surface area is 205 Å². The molecule has 4 rings (SSSR count). The van der Waals surface area contributed by atoms with Gasteiger partial charge in [0.1, 0.15) is 11.4 Å². The van der Waals surface area contributed by atoms with Crippen molar-refractivity contribution in [3.63, 3.8) is 0 Å². The number of anilines is 2. The summed E-state index contributed by atoms with van der Waals surface area (Å²) in [4.78, 5) is 21.3. The van der Waals surface area contributed by atoms with Crippen LogP contribution >= 0.6 is 0 Å². The maximum atomic E-state index is 11.1. The first-order valence-electron chi connectivity index (χ1n) is 10.8. The standard InChI is InChI=1S/C26H20N6O4/c33-31(34)25-10-3-1-8-23(25)29-27-17-19-12-14-21(15-13-19)22-7-5-6-20(16-22)18-28-30-24-9-2-4-11-26(24)32(35)36/h1-18,29-30H/b27-17+,28-18+. The Hall–Kier alpha value is -5.38. The highest BCUT2D eigenvalue weighted by molar-refractivity contribution is 5.85. The molecule has 0 aromatic heterocycles. The highest BCUT2D eigenvalue weighted by Crippen LogP contribution is 2.24. The molecule has 0 atom stereocenters. The average Bonchev–Trinajstić information content (AvgIpc) is 2.90. The number of hydrazone groups is 2. The van der Waals surface area contributed by atoms with Crippen LogP contribution in [0.4, 0.5) is 22.7 Å². The number of hydrogen-bond donors (Lipinski definition) is 2. The molecule has 10 nitrogen and oxygen atoms in total. The van der Waals surface area contributed by atoms with Gasteiger partial charge in [-0.3, -0.25) is 31.1 Å². The van der Waals surface area contributed by atoms with Crippen molar-refractivity contribution in [2.24, 2.45) is 10.2 Å². The van der Waals surface area contributed by atoms with E-state index in [9.17, 15) is 20.2 Å². The highest BCUT2D eigenvalue weighted by Gasteiger charge is 2.12. The van der Waals surface area contributed by atoms with Crippen LogP contribution in [0.1, 0.15) is 11.1 Å². The van der Waals surface area contributed by atoms with Gasteiger partial charge in [-0.05, 0) is 40.5 Å². The van der Waals surface area contributed by atoms with Crippen LogP contribution in [0.15, 0.2) is 107 Å². The third-order valence-corrected chi connectivity index (χ3v) is 5.13. The third kappa shape index (κ3) is 5.94. The van der Waals surface area contributed by atoms with Crippen molar-refractivity contribution in [2.45, 2.75) is 0 Å². The van der Waals surface area contributed by atoms with E-state index in [1.54, 1.807) is 48.8 Å². The predicted octanol–water partition coefficient (Wildman–Crippen LogP) is 6.06. The van der Waals surface area contributed by atoms with Crippen LogP contribution in [0.25, 0.3) is 11.1 Å². The van der Waals surface area contributed by atoms with Gasteiger partial charge >= 0.3 is 0 Å². The molecule has 0 aliphatic rings. The number of nitro benzene ring substituents is 2. The molecule has 0 fully saturated rings. The molecule has 4 aromatic rings. The molecule has 0 aliphatic carbocycles. The second-order valence-electron chi connectivity index (χ2n) is 7.54. The number of rotatable bonds is 9. The number of hydrogen-bond acceptors (Lipinski definition) is 8. The summed E-state index contributed by atoms with van der Waals surface area (Å²) in [6, 6.07) is 27.9. The fourth-order valence-electron chi connectivity index (χ4n) is 3.37. The van der Waals surface area contributed by atoms with Crippen LogP contribution in [0.2, 0.25) is 0 Å². The van der Waals surface area contributed by atoms with Gasteiger partial charge in [0.15, 0.2) is 0 Å². The van der Waals surface area contributed by atoms with Crippen molar-refractivity contribution < 1.29 is 9.85 Å². The van der Waals surface area contributed by atoms with Crippen LogP contribution in [0.3, 0.4) is 0 Å². The van der Waals surface area contributed by atoms with E-state index in [0.717, 1.165) is 22.3 Å². The van der Waals surface area contributed by atoms with Crippen LogP contribution < -0.4 is 10.9 Å². The third-order valence-electron chi connectivity index (χ3n) is 5.13. The van der Waals surface area contributed by atoms with Crippen molar-refractivity contribution in [1.29, 1.82) is 0 Å². The van der Waals surface area contributed by atoms with Crippen molar-refractivity contribution in [1.82, 2.24) is 0 Å². The molecule has 0 amide bonds. The molecule has 0 heterocycles. The molecule has 0 spiro atoms. The average molecular weight is 480 g/mol. The van der Waals surface area contributed by atoms with E-state index in [-0.39, 0.29) is 11.4 Å². The van der Waals surface area contributed by atoms with E-state index in [1.807, 2.05) is 48.5 Å². The maximum absolute atomic E-state index is 11.1. The maximum Gasteiger partial charge on any atom is 0.294 e. The van der Waals surface area contributed by atoms with E-state index in [2.05, 4.69) is 21.1 Å². The summed E-state index contributed by atoms with van der Waals surface area (Å²) in [5.74, 6) is 0. The summed E-state index contributed by atoms with van der Waals surface area (Å²) in [6.07, 6.45) is 3.17. The molecule has 2 N–H and O–H groups in total. The van der Waals surface area contributed by atoms with Crippen molar-refractivity contribution in [3.05, 3.63) is 128 Å². The molecule has 0 aliphatic heterocycles.